The molecule has 2 N–H and O–H groups in total. The van der Waals surface area contributed by atoms with E-state index in [1.165, 1.54) is 38.8 Å². The van der Waals surface area contributed by atoms with Crippen LogP contribution in [0.2, 0.25) is 0 Å². The summed E-state index contributed by atoms with van der Waals surface area (Å²) < 4.78 is 0. The molecule has 0 radical (unpaired) electrons. The van der Waals surface area contributed by atoms with Crippen molar-refractivity contribution >= 4 is 5.91 Å². The zero-order chi connectivity index (χ0) is 12.8. The molecule has 1 atom stereocenters. The van der Waals surface area contributed by atoms with Crippen molar-refractivity contribution in [2.45, 2.75) is 44.6 Å². The van der Waals surface area contributed by atoms with Gasteiger partial charge in [0.05, 0.1) is 0 Å². The van der Waals surface area contributed by atoms with Crippen LogP contribution in [0, 0.1) is 5.92 Å². The van der Waals surface area contributed by atoms with Crippen molar-refractivity contribution in [1.82, 2.24) is 15.5 Å². The molecule has 4 nitrogen and oxygen atoms in total. The Morgan fingerprint density at radius 3 is 2.78 bits per heavy atom. The molecular weight excluding hydrogens is 226 g/mol. The van der Waals surface area contributed by atoms with Gasteiger partial charge in [-0.05, 0) is 64.7 Å². The molecule has 4 heteroatoms. The molecule has 0 aromatic carbocycles. The maximum Gasteiger partial charge on any atom is 0.220 e. The average Bonchev–Trinajstić information content (AvgIpc) is 2.89. The lowest BCUT2D eigenvalue weighted by atomic mass is 9.97. The topological polar surface area (TPSA) is 44.4 Å². The Kier molecular flexibility index (Phi) is 5.45. The normalized spacial score (nSPS) is 26.4. The Morgan fingerprint density at radius 2 is 2.11 bits per heavy atom. The Bertz CT molecular complexity index is 256. The monoisotopic (exact) mass is 253 g/mol. The maximum atomic E-state index is 11.8. The lowest BCUT2D eigenvalue weighted by Crippen LogP contribution is -2.37. The molecule has 0 aromatic rings. The van der Waals surface area contributed by atoms with Gasteiger partial charge in [-0.25, -0.2) is 0 Å². The van der Waals surface area contributed by atoms with Crippen LogP contribution in [0.15, 0.2) is 0 Å². The van der Waals surface area contributed by atoms with E-state index >= 15 is 0 Å². The highest BCUT2D eigenvalue weighted by atomic mass is 16.1. The van der Waals surface area contributed by atoms with E-state index in [0.717, 1.165) is 19.5 Å². The van der Waals surface area contributed by atoms with Gasteiger partial charge in [0.2, 0.25) is 5.91 Å². The van der Waals surface area contributed by atoms with Gasteiger partial charge in [-0.15, -0.1) is 0 Å². The molecule has 2 aliphatic rings. The standard InChI is InChI=1S/C14H27N3O/c1-17-9-6-12(7-10-17)11-16-14(18)5-4-13-3-2-8-15-13/h12-13,15H,2-11H2,1H3,(H,16,18). The molecule has 2 heterocycles. The van der Waals surface area contributed by atoms with Crippen molar-refractivity contribution in [2.24, 2.45) is 5.92 Å². The molecule has 1 amide bonds. The molecule has 0 saturated carbocycles. The number of likely N-dealkylation sites (tertiary alicyclic amines) is 1. The highest BCUT2D eigenvalue weighted by Crippen LogP contribution is 2.15. The summed E-state index contributed by atoms with van der Waals surface area (Å²) >= 11 is 0. The number of hydrogen-bond donors (Lipinski definition) is 2. The zero-order valence-corrected chi connectivity index (χ0v) is 11.6. The van der Waals surface area contributed by atoms with Crippen LogP contribution in [0.5, 0.6) is 0 Å². The summed E-state index contributed by atoms with van der Waals surface area (Å²) in [6.07, 6.45) is 6.63. The Labute approximate surface area is 110 Å². The lowest BCUT2D eigenvalue weighted by molar-refractivity contribution is -0.121. The van der Waals surface area contributed by atoms with Gasteiger partial charge >= 0.3 is 0 Å². The minimum atomic E-state index is 0.239. The van der Waals surface area contributed by atoms with Crippen molar-refractivity contribution < 1.29 is 4.79 Å². The van der Waals surface area contributed by atoms with Gasteiger partial charge in [0.25, 0.3) is 0 Å². The number of rotatable bonds is 5. The lowest BCUT2D eigenvalue weighted by Gasteiger charge is -2.28. The van der Waals surface area contributed by atoms with E-state index < -0.39 is 0 Å². The number of hydrogen-bond acceptors (Lipinski definition) is 3. The summed E-state index contributed by atoms with van der Waals surface area (Å²) in [5.74, 6) is 0.928. The molecule has 2 fully saturated rings. The van der Waals surface area contributed by atoms with Gasteiger partial charge in [0.1, 0.15) is 0 Å². The second-order valence-corrected chi connectivity index (χ2v) is 5.88. The number of carbonyl (C=O) groups is 1. The molecule has 1 unspecified atom stereocenters. The van der Waals surface area contributed by atoms with E-state index in [1.54, 1.807) is 0 Å². The molecule has 0 bridgehead atoms. The third-order valence-electron chi connectivity index (χ3n) is 4.31. The van der Waals surface area contributed by atoms with Gasteiger partial charge in [-0.2, -0.15) is 0 Å². The van der Waals surface area contributed by atoms with Crippen molar-refractivity contribution in [3.05, 3.63) is 0 Å². The van der Waals surface area contributed by atoms with Crippen LogP contribution >= 0.6 is 0 Å². The first-order valence-electron chi connectivity index (χ1n) is 7.42. The zero-order valence-electron chi connectivity index (χ0n) is 11.6. The fourth-order valence-corrected chi connectivity index (χ4v) is 2.92. The summed E-state index contributed by atoms with van der Waals surface area (Å²) in [6.45, 7) is 4.35. The first-order chi connectivity index (χ1) is 8.74. The molecule has 2 aliphatic heterocycles. The molecule has 104 valence electrons. The smallest absolute Gasteiger partial charge is 0.220 e. The van der Waals surface area contributed by atoms with Gasteiger partial charge in [-0.3, -0.25) is 4.79 Å². The minimum Gasteiger partial charge on any atom is -0.356 e. The van der Waals surface area contributed by atoms with Crippen molar-refractivity contribution in [3.63, 3.8) is 0 Å². The van der Waals surface area contributed by atoms with Gasteiger partial charge < -0.3 is 15.5 Å². The van der Waals surface area contributed by atoms with Crippen LogP contribution in [0.1, 0.15) is 38.5 Å². The minimum absolute atomic E-state index is 0.239. The number of amides is 1. The summed E-state index contributed by atoms with van der Waals surface area (Å²) in [5.41, 5.74) is 0. The van der Waals surface area contributed by atoms with Crippen LogP contribution in [-0.2, 0) is 4.79 Å². The highest BCUT2D eigenvalue weighted by Gasteiger charge is 2.18. The van der Waals surface area contributed by atoms with Crippen molar-refractivity contribution in [2.75, 3.05) is 33.2 Å². The average molecular weight is 253 g/mol. The molecule has 2 saturated heterocycles. The second-order valence-electron chi connectivity index (χ2n) is 5.88. The molecule has 0 spiro atoms. The molecule has 18 heavy (non-hydrogen) atoms. The van der Waals surface area contributed by atoms with E-state index in [2.05, 4.69) is 22.6 Å². The third-order valence-corrected chi connectivity index (χ3v) is 4.31. The molecule has 0 aliphatic carbocycles. The van der Waals surface area contributed by atoms with Crippen LogP contribution in [0.4, 0.5) is 0 Å². The summed E-state index contributed by atoms with van der Waals surface area (Å²) in [4.78, 5) is 14.1. The van der Waals surface area contributed by atoms with Crippen molar-refractivity contribution in [3.8, 4) is 0 Å². The summed E-state index contributed by atoms with van der Waals surface area (Å²) in [6, 6.07) is 0.582. The van der Waals surface area contributed by atoms with Crippen LogP contribution in [0.3, 0.4) is 0 Å². The van der Waals surface area contributed by atoms with Crippen LogP contribution in [0.25, 0.3) is 0 Å². The van der Waals surface area contributed by atoms with Crippen LogP contribution < -0.4 is 10.6 Å². The molecule has 0 aromatic heterocycles. The van der Waals surface area contributed by atoms with Gasteiger partial charge in [-0.1, -0.05) is 0 Å². The number of nitrogens with one attached hydrogen (secondary N) is 2. The third kappa shape index (κ3) is 4.58. The predicted octanol–water partition coefficient (Wildman–Crippen LogP) is 0.977. The SMILES string of the molecule is CN1CCC(CNC(=O)CCC2CCCN2)CC1. The van der Waals surface area contributed by atoms with Gasteiger partial charge in [0.15, 0.2) is 0 Å². The molecule has 2 rings (SSSR count). The van der Waals surface area contributed by atoms with E-state index in [0.29, 0.717) is 18.4 Å². The Hall–Kier alpha value is -0.610. The van der Waals surface area contributed by atoms with E-state index in [-0.39, 0.29) is 5.91 Å². The maximum absolute atomic E-state index is 11.8. The fourth-order valence-electron chi connectivity index (χ4n) is 2.92. The van der Waals surface area contributed by atoms with Gasteiger partial charge in [0, 0.05) is 19.0 Å². The Morgan fingerprint density at radius 1 is 1.33 bits per heavy atom. The Balaban J connectivity index is 1.54. The van der Waals surface area contributed by atoms with E-state index in [9.17, 15) is 4.79 Å². The number of piperidine rings is 1. The highest BCUT2D eigenvalue weighted by molar-refractivity contribution is 5.75. The van der Waals surface area contributed by atoms with Crippen molar-refractivity contribution in [1.29, 1.82) is 0 Å². The predicted molar refractivity (Wildman–Crippen MR) is 73.5 cm³/mol. The molecular formula is C14H27N3O. The largest absolute Gasteiger partial charge is 0.356 e. The van der Waals surface area contributed by atoms with E-state index in [1.807, 2.05) is 0 Å². The second kappa shape index (κ2) is 7.10. The number of carbonyl (C=O) groups excluding carboxylic acids is 1. The number of nitrogens with zero attached hydrogens (tertiary/aromatic N) is 1. The summed E-state index contributed by atoms with van der Waals surface area (Å²) in [7, 11) is 2.17. The van der Waals surface area contributed by atoms with Crippen LogP contribution in [-0.4, -0.2) is 50.1 Å². The first kappa shape index (κ1) is 13.8. The van der Waals surface area contributed by atoms with E-state index in [4.69, 9.17) is 0 Å². The fraction of sp³-hybridized carbons (Fsp3) is 0.929. The first-order valence-corrected chi connectivity index (χ1v) is 7.42. The quantitative estimate of drug-likeness (QED) is 0.767. The summed E-state index contributed by atoms with van der Waals surface area (Å²) in [5, 5.41) is 6.54.